The summed E-state index contributed by atoms with van der Waals surface area (Å²) in [6.07, 6.45) is 1.47. The van der Waals surface area contributed by atoms with Crippen molar-refractivity contribution in [3.05, 3.63) is 53.6 Å². The Morgan fingerprint density at radius 2 is 2.04 bits per heavy atom. The number of carboxylic acids is 1. The van der Waals surface area contributed by atoms with E-state index in [1.165, 1.54) is 16.8 Å². The number of aryl methyl sites for hydroxylation is 1. The summed E-state index contributed by atoms with van der Waals surface area (Å²) in [5, 5.41) is 9.05. The van der Waals surface area contributed by atoms with E-state index in [-0.39, 0.29) is 23.6 Å². The van der Waals surface area contributed by atoms with E-state index < -0.39 is 21.8 Å². The Morgan fingerprint density at radius 1 is 1.35 bits per heavy atom. The molecule has 0 aliphatic rings. The molecule has 0 fully saturated rings. The Balaban J connectivity index is 2.10. The molecule has 2 aromatic rings. The van der Waals surface area contributed by atoms with Crippen LogP contribution in [0.2, 0.25) is 0 Å². The first-order valence-electron chi connectivity index (χ1n) is 7.01. The van der Waals surface area contributed by atoms with Crippen molar-refractivity contribution in [2.24, 2.45) is 0 Å². The minimum atomic E-state index is -3.85. The summed E-state index contributed by atoms with van der Waals surface area (Å²) in [6, 6.07) is 7.23. The van der Waals surface area contributed by atoms with Crippen LogP contribution in [0.1, 0.15) is 23.0 Å². The van der Waals surface area contributed by atoms with Crippen LogP contribution in [-0.4, -0.2) is 30.6 Å². The molecular formula is C15H17FN2O4S. The number of aromatic carboxylic acids is 1. The maximum atomic E-state index is 13.5. The van der Waals surface area contributed by atoms with Gasteiger partial charge in [0.2, 0.25) is 10.0 Å². The third kappa shape index (κ3) is 3.96. The normalized spacial score (nSPS) is 11.6. The van der Waals surface area contributed by atoms with E-state index in [0.29, 0.717) is 12.1 Å². The van der Waals surface area contributed by atoms with E-state index in [1.807, 2.05) is 0 Å². The first-order valence-corrected chi connectivity index (χ1v) is 8.50. The maximum absolute atomic E-state index is 13.5. The lowest BCUT2D eigenvalue weighted by atomic mass is 10.1. The number of carboxylic acid groups (broad SMARTS) is 1. The van der Waals surface area contributed by atoms with Gasteiger partial charge in [0, 0.05) is 19.3 Å². The van der Waals surface area contributed by atoms with Crippen molar-refractivity contribution in [1.29, 1.82) is 0 Å². The summed E-state index contributed by atoms with van der Waals surface area (Å²) >= 11 is 0. The quantitative estimate of drug-likeness (QED) is 0.805. The summed E-state index contributed by atoms with van der Waals surface area (Å²) in [5.74, 6) is -1.59. The standard InChI is InChI=1S/C15H17FN2O4S/c1-2-18-10-12(9-14(18)15(19)20)23(21,22)17-8-7-11-5-3-4-6-13(11)16/h3-6,9-10,17H,2,7-8H2,1H3,(H,19,20). The van der Waals surface area contributed by atoms with Gasteiger partial charge in [-0.2, -0.15) is 0 Å². The third-order valence-corrected chi connectivity index (χ3v) is 4.81. The van der Waals surface area contributed by atoms with E-state index in [2.05, 4.69) is 4.72 Å². The first-order chi connectivity index (χ1) is 10.8. The van der Waals surface area contributed by atoms with Gasteiger partial charge in [0.1, 0.15) is 16.4 Å². The molecule has 0 radical (unpaired) electrons. The molecule has 6 nitrogen and oxygen atoms in total. The summed E-state index contributed by atoms with van der Waals surface area (Å²) in [4.78, 5) is 11.0. The van der Waals surface area contributed by atoms with Crippen LogP contribution in [0.5, 0.6) is 0 Å². The highest BCUT2D eigenvalue weighted by Gasteiger charge is 2.20. The lowest BCUT2D eigenvalue weighted by Gasteiger charge is -2.06. The van der Waals surface area contributed by atoms with Crippen molar-refractivity contribution >= 4 is 16.0 Å². The topological polar surface area (TPSA) is 88.4 Å². The van der Waals surface area contributed by atoms with Crippen molar-refractivity contribution < 1.29 is 22.7 Å². The molecule has 0 amide bonds. The molecule has 1 aromatic heterocycles. The molecule has 23 heavy (non-hydrogen) atoms. The fraction of sp³-hybridized carbons (Fsp3) is 0.267. The molecule has 1 aromatic carbocycles. The summed E-state index contributed by atoms with van der Waals surface area (Å²) in [7, 11) is -3.85. The number of sulfonamides is 1. The van der Waals surface area contributed by atoms with Crippen molar-refractivity contribution in [3.63, 3.8) is 0 Å². The average molecular weight is 340 g/mol. The fourth-order valence-corrected chi connectivity index (χ4v) is 3.25. The average Bonchev–Trinajstić information content (AvgIpc) is 2.94. The van der Waals surface area contributed by atoms with Crippen LogP contribution in [0, 0.1) is 5.82 Å². The smallest absolute Gasteiger partial charge is 0.352 e. The number of rotatable bonds is 7. The van der Waals surface area contributed by atoms with Crippen molar-refractivity contribution in [3.8, 4) is 0 Å². The van der Waals surface area contributed by atoms with Gasteiger partial charge in [0.05, 0.1) is 0 Å². The van der Waals surface area contributed by atoms with Crippen molar-refractivity contribution in [2.45, 2.75) is 24.8 Å². The molecule has 0 saturated heterocycles. The van der Waals surface area contributed by atoms with E-state index in [4.69, 9.17) is 5.11 Å². The van der Waals surface area contributed by atoms with Gasteiger partial charge in [0.15, 0.2) is 0 Å². The van der Waals surface area contributed by atoms with Crippen molar-refractivity contribution in [2.75, 3.05) is 6.54 Å². The highest BCUT2D eigenvalue weighted by molar-refractivity contribution is 7.89. The number of hydrogen-bond donors (Lipinski definition) is 2. The molecule has 1 heterocycles. The van der Waals surface area contributed by atoms with Crippen LogP contribution in [0.25, 0.3) is 0 Å². The predicted octanol–water partition coefficient (Wildman–Crippen LogP) is 1.87. The zero-order chi connectivity index (χ0) is 17.0. The van der Waals surface area contributed by atoms with E-state index in [9.17, 15) is 17.6 Å². The first kappa shape index (κ1) is 17.2. The minimum Gasteiger partial charge on any atom is -0.477 e. The zero-order valence-corrected chi connectivity index (χ0v) is 13.3. The molecule has 2 N–H and O–H groups in total. The zero-order valence-electron chi connectivity index (χ0n) is 12.5. The number of nitrogens with zero attached hydrogens (tertiary/aromatic N) is 1. The Morgan fingerprint density at radius 3 is 2.61 bits per heavy atom. The van der Waals surface area contributed by atoms with Crippen LogP contribution in [-0.2, 0) is 23.0 Å². The summed E-state index contributed by atoms with van der Waals surface area (Å²) < 4.78 is 41.6. The molecule has 0 atom stereocenters. The largest absolute Gasteiger partial charge is 0.477 e. The highest BCUT2D eigenvalue weighted by Crippen LogP contribution is 2.15. The molecule has 0 bridgehead atoms. The van der Waals surface area contributed by atoms with Crippen LogP contribution in [0.4, 0.5) is 4.39 Å². The van der Waals surface area contributed by atoms with E-state index in [1.54, 1.807) is 25.1 Å². The number of benzene rings is 1. The van der Waals surface area contributed by atoms with Gasteiger partial charge in [-0.25, -0.2) is 22.3 Å². The highest BCUT2D eigenvalue weighted by atomic mass is 32.2. The number of nitrogens with one attached hydrogen (secondary N) is 1. The van der Waals surface area contributed by atoms with E-state index >= 15 is 0 Å². The fourth-order valence-electron chi connectivity index (χ4n) is 2.18. The van der Waals surface area contributed by atoms with Gasteiger partial charge in [-0.3, -0.25) is 0 Å². The number of carbonyl (C=O) groups is 1. The molecule has 2 rings (SSSR count). The van der Waals surface area contributed by atoms with Gasteiger partial charge in [-0.15, -0.1) is 0 Å². The van der Waals surface area contributed by atoms with Gasteiger partial charge in [-0.05, 0) is 31.0 Å². The van der Waals surface area contributed by atoms with Gasteiger partial charge < -0.3 is 9.67 Å². The summed E-state index contributed by atoms with van der Waals surface area (Å²) in [6.45, 7) is 2.07. The SMILES string of the molecule is CCn1cc(S(=O)(=O)NCCc2ccccc2F)cc1C(=O)O. The third-order valence-electron chi connectivity index (χ3n) is 3.39. The molecule has 124 valence electrons. The maximum Gasteiger partial charge on any atom is 0.352 e. The molecule has 0 aliphatic heterocycles. The van der Waals surface area contributed by atoms with E-state index in [0.717, 1.165) is 6.07 Å². The van der Waals surface area contributed by atoms with Crippen molar-refractivity contribution in [1.82, 2.24) is 9.29 Å². The van der Waals surface area contributed by atoms with Gasteiger partial charge in [0.25, 0.3) is 0 Å². The number of aromatic nitrogens is 1. The Labute approximate surface area is 133 Å². The lowest BCUT2D eigenvalue weighted by Crippen LogP contribution is -2.26. The molecule has 0 unspecified atom stereocenters. The molecule has 0 aliphatic carbocycles. The molecule has 8 heteroatoms. The second-order valence-electron chi connectivity index (χ2n) is 4.89. The Hall–Kier alpha value is -2.19. The predicted molar refractivity (Wildman–Crippen MR) is 82.4 cm³/mol. The second kappa shape index (κ2) is 6.93. The van der Waals surface area contributed by atoms with Crippen LogP contribution in [0.3, 0.4) is 0 Å². The molecular weight excluding hydrogens is 323 g/mol. The lowest BCUT2D eigenvalue weighted by molar-refractivity contribution is 0.0685. The number of halogens is 1. The summed E-state index contributed by atoms with van der Waals surface area (Å²) in [5.41, 5.74) is 0.314. The van der Waals surface area contributed by atoms with Crippen LogP contribution in [0.15, 0.2) is 41.4 Å². The van der Waals surface area contributed by atoms with Gasteiger partial charge >= 0.3 is 5.97 Å². The van der Waals surface area contributed by atoms with Crippen LogP contribution >= 0.6 is 0 Å². The molecule has 0 spiro atoms. The Kier molecular flexibility index (Phi) is 5.17. The van der Waals surface area contributed by atoms with Crippen LogP contribution < -0.4 is 4.72 Å². The van der Waals surface area contributed by atoms with Gasteiger partial charge in [-0.1, -0.05) is 18.2 Å². The minimum absolute atomic E-state index is 0.0168. The Bertz CT molecular complexity index is 815. The number of hydrogen-bond acceptors (Lipinski definition) is 3. The second-order valence-corrected chi connectivity index (χ2v) is 6.66. The monoisotopic (exact) mass is 340 g/mol. The molecule has 0 saturated carbocycles.